The van der Waals surface area contributed by atoms with Crippen LogP contribution in [-0.2, 0) is 13.6 Å². The van der Waals surface area contributed by atoms with Gasteiger partial charge >= 0.3 is 0 Å². The van der Waals surface area contributed by atoms with Gasteiger partial charge in [-0.3, -0.25) is 9.48 Å². The third-order valence-corrected chi connectivity index (χ3v) is 5.94. The number of aryl methyl sites for hydroxylation is 1. The van der Waals surface area contributed by atoms with E-state index in [0.29, 0.717) is 54.0 Å². The Kier molecular flexibility index (Phi) is 8.94. The van der Waals surface area contributed by atoms with E-state index < -0.39 is 0 Å². The molecule has 1 unspecified atom stereocenters. The van der Waals surface area contributed by atoms with E-state index in [1.807, 2.05) is 32.6 Å². The Bertz CT molecular complexity index is 1440. The number of likely N-dealkylation sites (N-methyl/N-ethyl adjacent to an activating group) is 1. The zero-order valence-electron chi connectivity index (χ0n) is 22.9. The Balaban J connectivity index is 1.69. The van der Waals surface area contributed by atoms with Gasteiger partial charge in [-0.05, 0) is 34.0 Å². The van der Waals surface area contributed by atoms with Crippen LogP contribution in [0.3, 0.4) is 0 Å². The lowest BCUT2D eigenvalue weighted by Crippen LogP contribution is -2.19. The second kappa shape index (κ2) is 12.5. The van der Waals surface area contributed by atoms with Crippen LogP contribution in [-0.4, -0.2) is 84.5 Å². The van der Waals surface area contributed by atoms with E-state index in [2.05, 4.69) is 35.4 Å². The topological polar surface area (TPSA) is 148 Å². The van der Waals surface area contributed by atoms with Crippen molar-refractivity contribution in [1.82, 2.24) is 39.4 Å². The van der Waals surface area contributed by atoms with E-state index in [0.717, 1.165) is 12.1 Å². The summed E-state index contributed by atoms with van der Waals surface area (Å²) in [4.78, 5) is 27.7. The number of aromatic amines is 1. The summed E-state index contributed by atoms with van der Waals surface area (Å²) in [5.41, 5.74) is 1.61. The summed E-state index contributed by atoms with van der Waals surface area (Å²) >= 11 is 0. The van der Waals surface area contributed by atoms with Crippen LogP contribution >= 0.6 is 0 Å². The van der Waals surface area contributed by atoms with Gasteiger partial charge in [-0.1, -0.05) is 0 Å². The van der Waals surface area contributed by atoms with Crippen LogP contribution in [0.4, 0.5) is 11.6 Å². The first kappa shape index (κ1) is 27.8. The molecular formula is C26H35N9O4. The number of aromatic nitrogens is 7. The highest BCUT2D eigenvalue weighted by atomic mass is 16.5. The molecule has 0 aliphatic rings. The van der Waals surface area contributed by atoms with Crippen LogP contribution in [0.25, 0.3) is 22.5 Å². The van der Waals surface area contributed by atoms with E-state index in [-0.39, 0.29) is 24.1 Å². The molecule has 0 spiro atoms. The van der Waals surface area contributed by atoms with Gasteiger partial charge in [-0.15, -0.1) is 0 Å². The van der Waals surface area contributed by atoms with Gasteiger partial charge in [0.05, 0.1) is 31.0 Å². The van der Waals surface area contributed by atoms with Crippen LogP contribution in [0, 0.1) is 0 Å². The molecule has 0 fully saturated rings. The highest BCUT2D eigenvalue weighted by molar-refractivity contribution is 5.75. The third kappa shape index (κ3) is 6.62. The molecule has 0 radical (unpaired) electrons. The summed E-state index contributed by atoms with van der Waals surface area (Å²) < 4.78 is 15.4. The van der Waals surface area contributed by atoms with Gasteiger partial charge in [-0.2, -0.15) is 5.10 Å². The summed E-state index contributed by atoms with van der Waals surface area (Å²) in [6, 6.07) is 3.46. The van der Waals surface area contributed by atoms with E-state index in [4.69, 9.17) is 9.47 Å². The Morgan fingerprint density at radius 1 is 1.18 bits per heavy atom. The molecule has 0 aliphatic heterocycles. The number of H-pyrrole nitrogens is 1. The van der Waals surface area contributed by atoms with Crippen molar-refractivity contribution in [2.45, 2.75) is 32.9 Å². The van der Waals surface area contributed by atoms with Gasteiger partial charge in [0.2, 0.25) is 5.88 Å². The summed E-state index contributed by atoms with van der Waals surface area (Å²) in [5.74, 6) is 2.42. The van der Waals surface area contributed by atoms with E-state index in [1.165, 1.54) is 4.68 Å². The predicted molar refractivity (Wildman–Crippen MR) is 147 cm³/mol. The van der Waals surface area contributed by atoms with Crippen molar-refractivity contribution in [2.24, 2.45) is 7.05 Å². The molecule has 4 heterocycles. The molecule has 0 bridgehead atoms. The molecule has 13 heteroatoms. The van der Waals surface area contributed by atoms with Crippen molar-refractivity contribution < 1.29 is 14.6 Å². The number of pyridine rings is 1. The van der Waals surface area contributed by atoms with Gasteiger partial charge in [0, 0.05) is 56.8 Å². The molecule has 0 saturated carbocycles. The summed E-state index contributed by atoms with van der Waals surface area (Å²) in [6.07, 6.45) is 6.80. The molecule has 3 N–H and O–H groups in total. The van der Waals surface area contributed by atoms with E-state index in [9.17, 15) is 9.90 Å². The zero-order valence-corrected chi connectivity index (χ0v) is 22.9. The van der Waals surface area contributed by atoms with Crippen LogP contribution < -0.4 is 20.3 Å². The molecule has 0 amide bonds. The number of hydrogen-bond acceptors (Lipinski definition) is 10. The first-order chi connectivity index (χ1) is 18.8. The summed E-state index contributed by atoms with van der Waals surface area (Å²) in [6.45, 7) is 5.76. The molecular weight excluding hydrogens is 502 g/mol. The van der Waals surface area contributed by atoms with Crippen LogP contribution in [0.5, 0.6) is 11.6 Å². The van der Waals surface area contributed by atoms with Crippen molar-refractivity contribution in [3.63, 3.8) is 0 Å². The SMILES string of the molecule is CCOc1c(-c2cnc(Nc3ccnc(-c4c[nH]n(C)c4=O)n3)cc2OC(C)CCO)cnn1CCN(C)C. The number of anilines is 2. The lowest BCUT2D eigenvalue weighted by molar-refractivity contribution is 0.169. The first-order valence-corrected chi connectivity index (χ1v) is 12.8. The molecule has 0 aromatic carbocycles. The Morgan fingerprint density at radius 3 is 2.69 bits per heavy atom. The number of hydrogen-bond donors (Lipinski definition) is 3. The average Bonchev–Trinajstić information content (AvgIpc) is 3.46. The number of nitrogens with zero attached hydrogens (tertiary/aromatic N) is 7. The van der Waals surface area contributed by atoms with Crippen molar-refractivity contribution in [2.75, 3.05) is 39.2 Å². The average molecular weight is 538 g/mol. The maximum atomic E-state index is 12.3. The van der Waals surface area contributed by atoms with Crippen LogP contribution in [0.1, 0.15) is 20.3 Å². The van der Waals surface area contributed by atoms with Gasteiger partial charge in [0.25, 0.3) is 5.56 Å². The quantitative estimate of drug-likeness (QED) is 0.232. The molecule has 13 nitrogen and oxygen atoms in total. The summed E-state index contributed by atoms with van der Waals surface area (Å²) in [5, 5.41) is 20.0. The molecule has 1 atom stereocenters. The number of aliphatic hydroxyl groups excluding tert-OH is 1. The number of aliphatic hydroxyl groups is 1. The van der Waals surface area contributed by atoms with E-state index >= 15 is 0 Å². The van der Waals surface area contributed by atoms with Crippen molar-refractivity contribution >= 4 is 11.6 Å². The van der Waals surface area contributed by atoms with Gasteiger partial charge in [-0.25, -0.2) is 19.6 Å². The highest BCUT2D eigenvalue weighted by Crippen LogP contribution is 2.38. The maximum absolute atomic E-state index is 12.3. The largest absolute Gasteiger partial charge is 0.490 e. The monoisotopic (exact) mass is 537 g/mol. The Hall–Kier alpha value is -4.23. The van der Waals surface area contributed by atoms with Gasteiger partial charge in [0.15, 0.2) is 5.82 Å². The van der Waals surface area contributed by atoms with Gasteiger partial charge < -0.3 is 29.9 Å². The lowest BCUT2D eigenvalue weighted by Gasteiger charge is -2.18. The number of nitrogens with one attached hydrogen (secondary N) is 2. The predicted octanol–water partition coefficient (Wildman–Crippen LogP) is 2.28. The second-order valence-corrected chi connectivity index (χ2v) is 9.27. The summed E-state index contributed by atoms with van der Waals surface area (Å²) in [7, 11) is 5.64. The Labute approximate surface area is 226 Å². The molecule has 0 saturated heterocycles. The smallest absolute Gasteiger partial charge is 0.277 e. The molecule has 4 rings (SSSR count). The number of ether oxygens (including phenoxy) is 2. The normalized spacial score (nSPS) is 12.1. The number of rotatable bonds is 13. The molecule has 208 valence electrons. The lowest BCUT2D eigenvalue weighted by atomic mass is 10.1. The maximum Gasteiger partial charge on any atom is 0.277 e. The fraction of sp³-hybridized carbons (Fsp3) is 0.423. The molecule has 4 aromatic heterocycles. The molecule has 4 aromatic rings. The first-order valence-electron chi connectivity index (χ1n) is 12.8. The van der Waals surface area contributed by atoms with Crippen molar-refractivity contribution in [3.05, 3.63) is 47.3 Å². The van der Waals surface area contributed by atoms with Crippen LogP contribution in [0.15, 0.2) is 41.7 Å². The standard InChI is InChI=1S/C26H35N9O4/c1-6-38-26-19(15-30-35(26)11-10-33(3)4)18-14-28-23(13-21(18)39-17(2)8-12-36)31-22-7-9-27-24(32-22)20-16-29-34(5)25(20)37/h7,9,13-17,29,36H,6,8,10-12H2,1-5H3,(H,27,28,31,32). The van der Waals surface area contributed by atoms with Gasteiger partial charge in [0.1, 0.15) is 22.9 Å². The van der Waals surface area contributed by atoms with E-state index in [1.54, 1.807) is 44.0 Å². The van der Waals surface area contributed by atoms with Crippen molar-refractivity contribution in [1.29, 1.82) is 0 Å². The third-order valence-electron chi connectivity index (χ3n) is 5.94. The molecule has 0 aliphatic carbocycles. The zero-order chi connectivity index (χ0) is 27.9. The minimum atomic E-state index is -0.251. The molecule has 39 heavy (non-hydrogen) atoms. The second-order valence-electron chi connectivity index (χ2n) is 9.27. The van der Waals surface area contributed by atoms with Crippen molar-refractivity contribution in [3.8, 4) is 34.1 Å². The van der Waals surface area contributed by atoms with Crippen LogP contribution in [0.2, 0.25) is 0 Å². The minimum Gasteiger partial charge on any atom is -0.490 e. The Morgan fingerprint density at radius 2 is 2.00 bits per heavy atom. The highest BCUT2D eigenvalue weighted by Gasteiger charge is 2.20. The fourth-order valence-corrected chi connectivity index (χ4v) is 3.88. The minimum absolute atomic E-state index is 0.00167. The fourth-order valence-electron chi connectivity index (χ4n) is 3.88.